The number of benzene rings is 1. The number of rotatable bonds is 4. The normalized spacial score (nSPS) is 11.5. The van der Waals surface area contributed by atoms with Crippen LogP contribution in [0, 0.1) is 0 Å². The molecule has 0 saturated heterocycles. The smallest absolute Gasteiger partial charge is 0.301 e. The minimum Gasteiger partial charge on any atom is -0.389 e. The molecule has 0 aliphatic heterocycles. The summed E-state index contributed by atoms with van der Waals surface area (Å²) in [5, 5.41) is 0. The summed E-state index contributed by atoms with van der Waals surface area (Å²) in [5.41, 5.74) is 6.36. The van der Waals surface area contributed by atoms with Crippen LogP contribution in [0.25, 0.3) is 0 Å². The SMILES string of the molecule is CN(C)S(=O)(=O)Nc1cc(Br)ccc1C(N)=S. The molecule has 8 heteroatoms. The van der Waals surface area contributed by atoms with Crippen LogP contribution < -0.4 is 10.5 Å². The van der Waals surface area contributed by atoms with Crippen LogP contribution in [-0.4, -0.2) is 31.8 Å². The van der Waals surface area contributed by atoms with Gasteiger partial charge in [-0.15, -0.1) is 0 Å². The first-order valence-electron chi connectivity index (χ1n) is 4.53. The Balaban J connectivity index is 3.22. The highest BCUT2D eigenvalue weighted by Gasteiger charge is 2.16. The van der Waals surface area contributed by atoms with E-state index in [0.717, 1.165) is 8.78 Å². The third-order valence-corrected chi connectivity index (χ3v) is 4.12. The van der Waals surface area contributed by atoms with Crippen molar-refractivity contribution in [2.45, 2.75) is 0 Å². The largest absolute Gasteiger partial charge is 0.389 e. The lowest BCUT2D eigenvalue weighted by Crippen LogP contribution is -2.30. The lowest BCUT2D eigenvalue weighted by atomic mass is 10.2. The molecule has 1 rings (SSSR count). The number of halogens is 1. The first-order chi connectivity index (χ1) is 7.74. The van der Waals surface area contributed by atoms with Gasteiger partial charge >= 0.3 is 10.2 Å². The zero-order valence-corrected chi connectivity index (χ0v) is 12.5. The highest BCUT2D eigenvalue weighted by molar-refractivity contribution is 9.10. The lowest BCUT2D eigenvalue weighted by molar-refractivity contribution is 0.527. The molecule has 0 aromatic heterocycles. The summed E-state index contributed by atoms with van der Waals surface area (Å²) in [4.78, 5) is 0.133. The van der Waals surface area contributed by atoms with Gasteiger partial charge in [0.05, 0.1) is 5.69 Å². The van der Waals surface area contributed by atoms with Crippen molar-refractivity contribution >= 4 is 49.0 Å². The summed E-state index contributed by atoms with van der Waals surface area (Å²) in [6.07, 6.45) is 0. The number of thiocarbonyl (C=S) groups is 1. The fraction of sp³-hybridized carbons (Fsp3) is 0.222. The Kier molecular flexibility index (Phi) is 4.48. The average molecular weight is 338 g/mol. The van der Waals surface area contributed by atoms with Gasteiger partial charge in [0.15, 0.2) is 0 Å². The van der Waals surface area contributed by atoms with Crippen molar-refractivity contribution in [2.24, 2.45) is 5.73 Å². The zero-order valence-electron chi connectivity index (χ0n) is 9.27. The fourth-order valence-electron chi connectivity index (χ4n) is 1.05. The van der Waals surface area contributed by atoms with Gasteiger partial charge in [0.25, 0.3) is 0 Å². The number of nitrogens with one attached hydrogen (secondary N) is 1. The van der Waals surface area contributed by atoms with Crippen LogP contribution >= 0.6 is 28.1 Å². The topological polar surface area (TPSA) is 75.4 Å². The van der Waals surface area contributed by atoms with E-state index in [9.17, 15) is 8.42 Å². The summed E-state index contributed by atoms with van der Waals surface area (Å²) < 4.78 is 27.6. The highest BCUT2D eigenvalue weighted by Crippen LogP contribution is 2.22. The second kappa shape index (κ2) is 5.30. The van der Waals surface area contributed by atoms with E-state index in [0.29, 0.717) is 11.3 Å². The molecule has 17 heavy (non-hydrogen) atoms. The maximum absolute atomic E-state index is 11.7. The quantitative estimate of drug-likeness (QED) is 0.812. The van der Waals surface area contributed by atoms with Crippen molar-refractivity contribution in [1.82, 2.24) is 4.31 Å². The monoisotopic (exact) mass is 337 g/mol. The predicted octanol–water partition coefficient (Wildman–Crippen LogP) is 1.30. The Morgan fingerprint density at radius 1 is 1.47 bits per heavy atom. The summed E-state index contributed by atoms with van der Waals surface area (Å²) >= 11 is 8.12. The van der Waals surface area contributed by atoms with Crippen molar-refractivity contribution in [3.05, 3.63) is 28.2 Å². The van der Waals surface area contributed by atoms with Crippen molar-refractivity contribution < 1.29 is 8.42 Å². The molecule has 94 valence electrons. The maximum Gasteiger partial charge on any atom is 0.301 e. The van der Waals surface area contributed by atoms with Gasteiger partial charge in [0.1, 0.15) is 4.99 Å². The molecule has 0 atom stereocenters. The third-order valence-electron chi connectivity index (χ3n) is 1.97. The first-order valence-corrected chi connectivity index (χ1v) is 7.18. The Morgan fingerprint density at radius 2 is 2.06 bits per heavy atom. The average Bonchev–Trinajstić information content (AvgIpc) is 2.15. The van der Waals surface area contributed by atoms with Crippen LogP contribution in [0.15, 0.2) is 22.7 Å². The van der Waals surface area contributed by atoms with Gasteiger partial charge in [-0.3, -0.25) is 4.72 Å². The Labute approximate surface area is 114 Å². The number of nitrogens with zero attached hydrogens (tertiary/aromatic N) is 1. The van der Waals surface area contributed by atoms with E-state index in [1.807, 2.05) is 0 Å². The first kappa shape index (κ1) is 14.4. The van der Waals surface area contributed by atoms with Gasteiger partial charge in [-0.05, 0) is 18.2 Å². The van der Waals surface area contributed by atoms with E-state index >= 15 is 0 Å². The minimum atomic E-state index is -3.58. The van der Waals surface area contributed by atoms with Crippen molar-refractivity contribution in [1.29, 1.82) is 0 Å². The van der Waals surface area contributed by atoms with Gasteiger partial charge in [-0.2, -0.15) is 12.7 Å². The molecule has 3 N–H and O–H groups in total. The molecule has 1 aromatic rings. The van der Waals surface area contributed by atoms with Crippen LogP contribution in [-0.2, 0) is 10.2 Å². The van der Waals surface area contributed by atoms with E-state index in [1.165, 1.54) is 14.1 Å². The van der Waals surface area contributed by atoms with E-state index < -0.39 is 10.2 Å². The molecule has 0 radical (unpaired) electrons. The molecule has 0 heterocycles. The Hall–Kier alpha value is -0.700. The summed E-state index contributed by atoms with van der Waals surface area (Å²) in [6.45, 7) is 0. The predicted molar refractivity (Wildman–Crippen MR) is 76.3 cm³/mol. The van der Waals surface area contributed by atoms with Gasteiger partial charge in [0, 0.05) is 24.1 Å². The minimum absolute atomic E-state index is 0.133. The van der Waals surface area contributed by atoms with E-state index in [-0.39, 0.29) is 4.99 Å². The summed E-state index contributed by atoms with van der Waals surface area (Å²) in [5.74, 6) is 0. The molecular formula is C9H12BrN3O2S2. The molecule has 1 aromatic carbocycles. The molecule has 0 spiro atoms. The fourth-order valence-corrected chi connectivity index (χ4v) is 2.21. The lowest BCUT2D eigenvalue weighted by Gasteiger charge is -2.16. The molecule has 0 bridgehead atoms. The molecule has 0 aliphatic carbocycles. The molecule has 0 fully saturated rings. The number of hydrogen-bond donors (Lipinski definition) is 2. The van der Waals surface area contributed by atoms with Crippen LogP contribution in [0.2, 0.25) is 0 Å². The molecule has 0 saturated carbocycles. The molecule has 0 aliphatic rings. The molecule has 0 amide bonds. The molecule has 0 unspecified atom stereocenters. The molecule has 5 nitrogen and oxygen atoms in total. The van der Waals surface area contributed by atoms with Crippen molar-refractivity contribution in [3.8, 4) is 0 Å². The van der Waals surface area contributed by atoms with Gasteiger partial charge in [-0.1, -0.05) is 28.1 Å². The van der Waals surface area contributed by atoms with Crippen LogP contribution in [0.1, 0.15) is 5.56 Å². The van der Waals surface area contributed by atoms with E-state index in [4.69, 9.17) is 18.0 Å². The maximum atomic E-state index is 11.7. The number of nitrogens with two attached hydrogens (primary N) is 1. The Bertz CT molecular complexity index is 543. The van der Waals surface area contributed by atoms with Crippen LogP contribution in [0.4, 0.5) is 5.69 Å². The van der Waals surface area contributed by atoms with Gasteiger partial charge in [-0.25, -0.2) is 0 Å². The summed E-state index contributed by atoms with van der Waals surface area (Å²) in [7, 11) is -0.714. The van der Waals surface area contributed by atoms with Crippen LogP contribution in [0.3, 0.4) is 0 Å². The van der Waals surface area contributed by atoms with Crippen LogP contribution in [0.5, 0.6) is 0 Å². The standard InChI is InChI=1S/C9H12BrN3O2S2/c1-13(2)17(14,15)12-8-5-6(10)3-4-7(8)9(11)16/h3-5,12H,1-2H3,(H2,11,16). The third kappa shape index (κ3) is 3.63. The second-order valence-electron chi connectivity index (χ2n) is 3.44. The summed E-state index contributed by atoms with van der Waals surface area (Å²) in [6, 6.07) is 5.00. The van der Waals surface area contributed by atoms with Gasteiger partial charge < -0.3 is 5.73 Å². The number of hydrogen-bond acceptors (Lipinski definition) is 3. The van der Waals surface area contributed by atoms with Gasteiger partial charge in [0.2, 0.25) is 0 Å². The van der Waals surface area contributed by atoms with Crippen molar-refractivity contribution in [3.63, 3.8) is 0 Å². The molecular weight excluding hydrogens is 326 g/mol. The second-order valence-corrected chi connectivity index (χ2v) is 6.68. The van der Waals surface area contributed by atoms with Crippen molar-refractivity contribution in [2.75, 3.05) is 18.8 Å². The highest BCUT2D eigenvalue weighted by atomic mass is 79.9. The Morgan fingerprint density at radius 3 is 2.53 bits per heavy atom. The zero-order chi connectivity index (χ0) is 13.2. The van der Waals surface area contributed by atoms with E-state index in [1.54, 1.807) is 18.2 Å². The van der Waals surface area contributed by atoms with E-state index in [2.05, 4.69) is 20.7 Å². The number of anilines is 1.